The van der Waals surface area contributed by atoms with E-state index in [1.807, 2.05) is 12.1 Å². The minimum atomic E-state index is 0.909. The summed E-state index contributed by atoms with van der Waals surface area (Å²) in [6.45, 7) is 0. The van der Waals surface area contributed by atoms with Gasteiger partial charge in [0.05, 0.1) is 0 Å². The van der Waals surface area contributed by atoms with Crippen molar-refractivity contribution in [3.05, 3.63) is 200 Å². The highest BCUT2D eigenvalue weighted by Crippen LogP contribution is 2.41. The van der Waals surface area contributed by atoms with E-state index >= 15 is 0 Å². The van der Waals surface area contributed by atoms with Crippen LogP contribution >= 0.6 is 0 Å². The molecule has 11 aromatic rings. The van der Waals surface area contributed by atoms with Crippen LogP contribution in [0.25, 0.3) is 87.3 Å². The lowest BCUT2D eigenvalue weighted by atomic mass is 9.94. The summed E-state index contributed by atoms with van der Waals surface area (Å²) in [6.07, 6.45) is 0. The Hall–Kier alpha value is -7.16. The number of benzene rings is 10. The van der Waals surface area contributed by atoms with Crippen LogP contribution < -0.4 is 4.90 Å². The topological polar surface area (TPSA) is 16.4 Å². The van der Waals surface area contributed by atoms with Gasteiger partial charge in [-0.05, 0) is 102 Å². The Morgan fingerprint density at radius 3 is 1.54 bits per heavy atom. The van der Waals surface area contributed by atoms with Gasteiger partial charge >= 0.3 is 0 Å². The molecular formula is C52H33NO. The second-order valence-electron chi connectivity index (χ2n) is 14.1. The van der Waals surface area contributed by atoms with Crippen molar-refractivity contribution in [2.24, 2.45) is 0 Å². The predicted octanol–water partition coefficient (Wildman–Crippen LogP) is 15.0. The van der Waals surface area contributed by atoms with Gasteiger partial charge in [-0.3, -0.25) is 0 Å². The van der Waals surface area contributed by atoms with Gasteiger partial charge in [-0.1, -0.05) is 158 Å². The van der Waals surface area contributed by atoms with Crippen molar-refractivity contribution in [2.75, 3.05) is 4.90 Å². The van der Waals surface area contributed by atoms with E-state index < -0.39 is 0 Å². The molecule has 0 unspecified atom stereocenters. The number of hydrogen-bond donors (Lipinski definition) is 0. The van der Waals surface area contributed by atoms with Crippen LogP contribution in [0.1, 0.15) is 0 Å². The molecule has 0 aliphatic rings. The van der Waals surface area contributed by atoms with Crippen molar-refractivity contribution in [3.63, 3.8) is 0 Å². The first kappa shape index (κ1) is 30.5. The molecule has 0 bridgehead atoms. The van der Waals surface area contributed by atoms with Gasteiger partial charge in [-0.2, -0.15) is 0 Å². The monoisotopic (exact) mass is 687 g/mol. The van der Waals surface area contributed by atoms with E-state index in [1.54, 1.807) is 0 Å². The maximum absolute atomic E-state index is 6.41. The SMILES string of the molecule is c1ccc2c(c1)ccc1cc(N(c3ccc(-c4cccc5c4ccc4ccccc45)cc3)c3ccc(-c4cccc5c4oc4ccccc45)cc3)ccc12. The first-order valence-corrected chi connectivity index (χ1v) is 18.5. The Labute approximate surface area is 312 Å². The summed E-state index contributed by atoms with van der Waals surface area (Å²) in [5.41, 5.74) is 9.75. The molecule has 0 saturated carbocycles. The lowest BCUT2D eigenvalue weighted by Crippen LogP contribution is -2.09. The molecule has 0 spiro atoms. The van der Waals surface area contributed by atoms with Gasteiger partial charge < -0.3 is 9.32 Å². The first-order chi connectivity index (χ1) is 26.8. The van der Waals surface area contributed by atoms with Crippen molar-refractivity contribution >= 4 is 82.1 Å². The van der Waals surface area contributed by atoms with Crippen molar-refractivity contribution in [3.8, 4) is 22.3 Å². The maximum atomic E-state index is 6.41. The second-order valence-corrected chi connectivity index (χ2v) is 14.1. The average molecular weight is 688 g/mol. The van der Waals surface area contributed by atoms with E-state index in [1.165, 1.54) is 54.2 Å². The summed E-state index contributed by atoms with van der Waals surface area (Å²) < 4.78 is 6.41. The normalized spacial score (nSPS) is 11.7. The number of rotatable bonds is 5. The van der Waals surface area contributed by atoms with Crippen LogP contribution in [0, 0.1) is 0 Å². The smallest absolute Gasteiger partial charge is 0.143 e. The van der Waals surface area contributed by atoms with E-state index in [-0.39, 0.29) is 0 Å². The molecule has 2 heteroatoms. The summed E-state index contributed by atoms with van der Waals surface area (Å²) in [7, 11) is 0. The number of furan rings is 1. The number of fused-ring (bicyclic) bond motifs is 9. The number of anilines is 3. The molecule has 0 fully saturated rings. The van der Waals surface area contributed by atoms with Gasteiger partial charge in [0.2, 0.25) is 0 Å². The fourth-order valence-electron chi connectivity index (χ4n) is 8.43. The zero-order valence-electron chi connectivity index (χ0n) is 29.4. The molecule has 0 atom stereocenters. The molecule has 10 aromatic carbocycles. The van der Waals surface area contributed by atoms with E-state index in [0.717, 1.165) is 50.1 Å². The highest BCUT2D eigenvalue weighted by atomic mass is 16.3. The van der Waals surface area contributed by atoms with E-state index in [4.69, 9.17) is 4.42 Å². The molecule has 0 N–H and O–H groups in total. The van der Waals surface area contributed by atoms with Gasteiger partial charge in [0.1, 0.15) is 11.2 Å². The Bertz CT molecular complexity index is 3210. The summed E-state index contributed by atoms with van der Waals surface area (Å²) in [5.74, 6) is 0. The fourth-order valence-corrected chi connectivity index (χ4v) is 8.43. The number of hydrogen-bond acceptors (Lipinski definition) is 2. The lowest BCUT2D eigenvalue weighted by Gasteiger charge is -2.26. The molecule has 0 amide bonds. The average Bonchev–Trinajstić information content (AvgIpc) is 3.63. The first-order valence-electron chi connectivity index (χ1n) is 18.5. The standard InChI is InChI=1S/C52H33NO/c1-3-11-42-34(9-1)19-20-38-33-41(30-32-45(38)42)53(40-28-23-37(24-29-40)46-15-8-17-50-49-13-5-6-18-51(49)54-52(46)50)39-26-21-36(22-27-39)44-14-7-16-47-43-12-4-2-10-35(43)25-31-48(44)47/h1-33H. The minimum Gasteiger partial charge on any atom is -0.455 e. The Balaban J connectivity index is 1.03. The summed E-state index contributed by atoms with van der Waals surface area (Å²) >= 11 is 0. The number of para-hydroxylation sites is 2. The van der Waals surface area contributed by atoms with Crippen LogP contribution in [0.4, 0.5) is 17.1 Å². The molecule has 1 aromatic heterocycles. The number of nitrogens with zero attached hydrogens (tertiary/aromatic N) is 1. The zero-order chi connectivity index (χ0) is 35.6. The second kappa shape index (κ2) is 12.2. The third kappa shape index (κ3) is 4.88. The zero-order valence-corrected chi connectivity index (χ0v) is 29.4. The predicted molar refractivity (Wildman–Crippen MR) is 229 cm³/mol. The van der Waals surface area contributed by atoms with Gasteiger partial charge in [-0.15, -0.1) is 0 Å². The van der Waals surface area contributed by atoms with Crippen LogP contribution in [0.5, 0.6) is 0 Å². The van der Waals surface area contributed by atoms with Crippen molar-refractivity contribution < 1.29 is 4.42 Å². The quantitative estimate of drug-likeness (QED) is 0.168. The largest absolute Gasteiger partial charge is 0.455 e. The molecule has 252 valence electrons. The minimum absolute atomic E-state index is 0.909. The highest BCUT2D eigenvalue weighted by Gasteiger charge is 2.17. The van der Waals surface area contributed by atoms with Crippen LogP contribution in [-0.4, -0.2) is 0 Å². The van der Waals surface area contributed by atoms with Gasteiger partial charge in [0, 0.05) is 33.4 Å². The maximum Gasteiger partial charge on any atom is 0.143 e. The molecular weight excluding hydrogens is 655 g/mol. The summed E-state index contributed by atoms with van der Waals surface area (Å²) in [5, 5.41) is 12.3. The summed E-state index contributed by atoms with van der Waals surface area (Å²) in [4.78, 5) is 2.36. The Kier molecular flexibility index (Phi) is 6.90. The Morgan fingerprint density at radius 1 is 0.296 bits per heavy atom. The van der Waals surface area contributed by atoms with Gasteiger partial charge in [-0.25, -0.2) is 0 Å². The molecule has 0 aliphatic carbocycles. The van der Waals surface area contributed by atoms with E-state index in [2.05, 4.69) is 193 Å². The van der Waals surface area contributed by atoms with E-state index in [0.29, 0.717) is 0 Å². The van der Waals surface area contributed by atoms with Crippen LogP contribution in [0.3, 0.4) is 0 Å². The highest BCUT2D eigenvalue weighted by molar-refractivity contribution is 6.13. The summed E-state index contributed by atoms with van der Waals surface area (Å²) in [6, 6.07) is 72.3. The van der Waals surface area contributed by atoms with Gasteiger partial charge in [0.25, 0.3) is 0 Å². The molecule has 54 heavy (non-hydrogen) atoms. The molecule has 2 nitrogen and oxygen atoms in total. The molecule has 11 rings (SSSR count). The van der Waals surface area contributed by atoms with Crippen molar-refractivity contribution in [1.29, 1.82) is 0 Å². The third-order valence-corrected chi connectivity index (χ3v) is 11.1. The van der Waals surface area contributed by atoms with Crippen molar-refractivity contribution in [1.82, 2.24) is 0 Å². The molecule has 1 heterocycles. The molecule has 0 saturated heterocycles. The van der Waals surface area contributed by atoms with Crippen LogP contribution in [0.2, 0.25) is 0 Å². The fraction of sp³-hybridized carbons (Fsp3) is 0. The van der Waals surface area contributed by atoms with Gasteiger partial charge in [0.15, 0.2) is 0 Å². The molecule has 0 aliphatic heterocycles. The lowest BCUT2D eigenvalue weighted by molar-refractivity contribution is 0.670. The Morgan fingerprint density at radius 2 is 0.796 bits per heavy atom. The van der Waals surface area contributed by atoms with Crippen LogP contribution in [-0.2, 0) is 0 Å². The molecule has 0 radical (unpaired) electrons. The van der Waals surface area contributed by atoms with E-state index in [9.17, 15) is 0 Å². The van der Waals surface area contributed by atoms with Crippen molar-refractivity contribution in [2.45, 2.75) is 0 Å². The third-order valence-electron chi connectivity index (χ3n) is 11.1. The van der Waals surface area contributed by atoms with Crippen LogP contribution in [0.15, 0.2) is 205 Å².